The molecule has 1 N–H and O–H groups in total. The van der Waals surface area contributed by atoms with Crippen LogP contribution in [-0.4, -0.2) is 40.5 Å². The van der Waals surface area contributed by atoms with Crippen molar-refractivity contribution in [2.45, 2.75) is 63.5 Å². The zero-order valence-electron chi connectivity index (χ0n) is 16.1. The highest BCUT2D eigenvalue weighted by Gasteiger charge is 2.35. The van der Waals surface area contributed by atoms with Gasteiger partial charge in [0.25, 0.3) is 0 Å². The Labute approximate surface area is 165 Å². The van der Waals surface area contributed by atoms with Crippen molar-refractivity contribution in [3.63, 3.8) is 0 Å². The predicted molar refractivity (Wildman–Crippen MR) is 105 cm³/mol. The van der Waals surface area contributed by atoms with Gasteiger partial charge in [0.1, 0.15) is 6.04 Å². The lowest BCUT2D eigenvalue weighted by Crippen LogP contribution is -2.49. The SMILES string of the molecule is O=C(NC1CCCCC1)[C@H]1CCCN1C(=O)Cc1cc(-c2ccccc2)on1. The molecule has 2 aliphatic rings. The molecule has 2 amide bonds. The molecule has 2 heterocycles. The minimum atomic E-state index is -0.352. The Hall–Kier alpha value is -2.63. The molecule has 6 nitrogen and oxygen atoms in total. The highest BCUT2D eigenvalue weighted by molar-refractivity contribution is 5.89. The summed E-state index contributed by atoms with van der Waals surface area (Å²) in [4.78, 5) is 27.3. The normalized spacial score (nSPS) is 20.3. The fourth-order valence-corrected chi connectivity index (χ4v) is 4.27. The first-order chi connectivity index (χ1) is 13.7. The third-order valence-corrected chi connectivity index (χ3v) is 5.78. The van der Waals surface area contributed by atoms with E-state index in [0.29, 0.717) is 18.0 Å². The smallest absolute Gasteiger partial charge is 0.243 e. The summed E-state index contributed by atoms with van der Waals surface area (Å²) in [7, 11) is 0. The zero-order valence-corrected chi connectivity index (χ0v) is 16.1. The Morgan fingerprint density at radius 2 is 1.86 bits per heavy atom. The van der Waals surface area contributed by atoms with Crippen molar-refractivity contribution in [2.75, 3.05) is 6.54 Å². The first kappa shape index (κ1) is 18.7. The molecular weight excluding hydrogens is 354 g/mol. The molecule has 1 aromatic heterocycles. The number of amides is 2. The van der Waals surface area contributed by atoms with Crippen LogP contribution >= 0.6 is 0 Å². The fraction of sp³-hybridized carbons (Fsp3) is 0.500. The zero-order chi connectivity index (χ0) is 19.3. The summed E-state index contributed by atoms with van der Waals surface area (Å²) in [6, 6.07) is 11.4. The van der Waals surface area contributed by atoms with Gasteiger partial charge in [0, 0.05) is 24.2 Å². The van der Waals surface area contributed by atoms with Gasteiger partial charge < -0.3 is 14.7 Å². The van der Waals surface area contributed by atoms with Crippen molar-refractivity contribution in [1.82, 2.24) is 15.4 Å². The van der Waals surface area contributed by atoms with Crippen molar-refractivity contribution in [2.24, 2.45) is 0 Å². The summed E-state index contributed by atoms with van der Waals surface area (Å²) >= 11 is 0. The Kier molecular flexibility index (Phi) is 5.74. The molecule has 1 aromatic carbocycles. The van der Waals surface area contributed by atoms with Crippen LogP contribution in [0.2, 0.25) is 0 Å². The van der Waals surface area contributed by atoms with E-state index in [0.717, 1.165) is 31.2 Å². The average Bonchev–Trinajstić information content (AvgIpc) is 3.39. The van der Waals surface area contributed by atoms with Gasteiger partial charge in [-0.1, -0.05) is 54.8 Å². The van der Waals surface area contributed by atoms with E-state index in [1.165, 1.54) is 19.3 Å². The molecular formula is C22H27N3O3. The fourth-order valence-electron chi connectivity index (χ4n) is 4.27. The molecule has 148 valence electrons. The maximum Gasteiger partial charge on any atom is 0.243 e. The van der Waals surface area contributed by atoms with Crippen LogP contribution in [0.3, 0.4) is 0 Å². The molecule has 1 aliphatic heterocycles. The van der Waals surface area contributed by atoms with Gasteiger partial charge in [-0.05, 0) is 25.7 Å². The van der Waals surface area contributed by atoms with E-state index in [-0.39, 0.29) is 30.3 Å². The quantitative estimate of drug-likeness (QED) is 0.862. The number of nitrogens with one attached hydrogen (secondary N) is 1. The van der Waals surface area contributed by atoms with E-state index in [2.05, 4.69) is 10.5 Å². The number of nitrogens with zero attached hydrogens (tertiary/aromatic N) is 2. The minimum absolute atomic E-state index is 0.00266. The Morgan fingerprint density at radius 1 is 1.07 bits per heavy atom. The van der Waals surface area contributed by atoms with Gasteiger partial charge >= 0.3 is 0 Å². The third kappa shape index (κ3) is 4.26. The number of rotatable bonds is 5. The van der Waals surface area contributed by atoms with E-state index in [1.54, 1.807) is 11.0 Å². The molecule has 6 heteroatoms. The van der Waals surface area contributed by atoms with Gasteiger partial charge in [0.05, 0.1) is 12.1 Å². The van der Waals surface area contributed by atoms with Gasteiger partial charge in [-0.2, -0.15) is 0 Å². The van der Waals surface area contributed by atoms with Gasteiger partial charge in [-0.3, -0.25) is 9.59 Å². The monoisotopic (exact) mass is 381 g/mol. The molecule has 4 rings (SSSR count). The summed E-state index contributed by atoms with van der Waals surface area (Å²) in [6.07, 6.45) is 7.46. The van der Waals surface area contributed by atoms with Crippen LogP contribution in [0.5, 0.6) is 0 Å². The van der Waals surface area contributed by atoms with E-state index in [4.69, 9.17) is 4.52 Å². The van der Waals surface area contributed by atoms with Crippen LogP contribution in [-0.2, 0) is 16.0 Å². The number of carbonyl (C=O) groups is 2. The summed E-state index contributed by atoms with van der Waals surface area (Å²) < 4.78 is 5.39. The maximum atomic E-state index is 12.8. The number of carbonyl (C=O) groups excluding carboxylic acids is 2. The molecule has 28 heavy (non-hydrogen) atoms. The van der Waals surface area contributed by atoms with Crippen molar-refractivity contribution in [1.29, 1.82) is 0 Å². The van der Waals surface area contributed by atoms with Crippen molar-refractivity contribution in [3.8, 4) is 11.3 Å². The summed E-state index contributed by atoms with van der Waals surface area (Å²) in [5.74, 6) is 0.591. The molecule has 0 radical (unpaired) electrons. The molecule has 2 aromatic rings. The first-order valence-corrected chi connectivity index (χ1v) is 10.3. The Balaban J connectivity index is 1.37. The third-order valence-electron chi connectivity index (χ3n) is 5.78. The lowest BCUT2D eigenvalue weighted by molar-refractivity contribution is -0.138. The molecule has 0 unspecified atom stereocenters. The van der Waals surface area contributed by atoms with Gasteiger partial charge in [0.2, 0.25) is 11.8 Å². The first-order valence-electron chi connectivity index (χ1n) is 10.3. The van der Waals surface area contributed by atoms with Crippen LogP contribution in [0.15, 0.2) is 40.9 Å². The van der Waals surface area contributed by atoms with Crippen LogP contribution in [0.4, 0.5) is 0 Å². The summed E-state index contributed by atoms with van der Waals surface area (Å²) in [6.45, 7) is 0.630. The van der Waals surface area contributed by atoms with Crippen LogP contribution < -0.4 is 5.32 Å². The number of likely N-dealkylation sites (tertiary alicyclic amines) is 1. The van der Waals surface area contributed by atoms with E-state index in [1.807, 2.05) is 30.3 Å². The van der Waals surface area contributed by atoms with Crippen molar-refractivity contribution >= 4 is 11.8 Å². The number of benzene rings is 1. The predicted octanol–water partition coefficient (Wildman–Crippen LogP) is 3.32. The van der Waals surface area contributed by atoms with Crippen LogP contribution in [0.25, 0.3) is 11.3 Å². The number of aromatic nitrogens is 1. The topological polar surface area (TPSA) is 75.4 Å². The van der Waals surface area contributed by atoms with Crippen molar-refractivity contribution < 1.29 is 14.1 Å². The second kappa shape index (κ2) is 8.59. The Morgan fingerprint density at radius 3 is 2.64 bits per heavy atom. The average molecular weight is 381 g/mol. The van der Waals surface area contributed by atoms with Gasteiger partial charge in [-0.15, -0.1) is 0 Å². The lowest BCUT2D eigenvalue weighted by atomic mass is 9.95. The van der Waals surface area contributed by atoms with Gasteiger partial charge in [0.15, 0.2) is 5.76 Å². The molecule has 1 saturated heterocycles. The highest BCUT2D eigenvalue weighted by atomic mass is 16.5. The highest BCUT2D eigenvalue weighted by Crippen LogP contribution is 2.23. The summed E-state index contributed by atoms with van der Waals surface area (Å²) in [5, 5.41) is 7.21. The Bertz CT molecular complexity index is 811. The minimum Gasteiger partial charge on any atom is -0.356 e. The number of hydrogen-bond acceptors (Lipinski definition) is 4. The van der Waals surface area contributed by atoms with E-state index < -0.39 is 0 Å². The van der Waals surface area contributed by atoms with Crippen LogP contribution in [0, 0.1) is 0 Å². The second-order valence-electron chi connectivity index (χ2n) is 7.81. The second-order valence-corrected chi connectivity index (χ2v) is 7.81. The maximum absolute atomic E-state index is 12.8. The molecule has 1 atom stereocenters. The molecule has 1 saturated carbocycles. The van der Waals surface area contributed by atoms with Crippen molar-refractivity contribution in [3.05, 3.63) is 42.1 Å². The van der Waals surface area contributed by atoms with E-state index in [9.17, 15) is 9.59 Å². The van der Waals surface area contributed by atoms with Gasteiger partial charge in [-0.25, -0.2) is 0 Å². The standard InChI is InChI=1S/C22H27N3O3/c26-21(15-18-14-20(28-24-18)16-8-3-1-4-9-16)25-13-7-12-19(25)22(27)23-17-10-5-2-6-11-17/h1,3-4,8-9,14,17,19H,2,5-7,10-13,15H2,(H,23,27)/t19-/m1/s1. The molecule has 2 fully saturated rings. The summed E-state index contributed by atoms with van der Waals surface area (Å²) in [5.41, 5.74) is 1.53. The lowest BCUT2D eigenvalue weighted by Gasteiger charge is -2.28. The largest absolute Gasteiger partial charge is 0.356 e. The number of hydrogen-bond donors (Lipinski definition) is 1. The van der Waals surface area contributed by atoms with Crippen LogP contribution in [0.1, 0.15) is 50.6 Å². The molecule has 0 bridgehead atoms. The molecule has 0 spiro atoms. The van der Waals surface area contributed by atoms with E-state index >= 15 is 0 Å². The molecule has 1 aliphatic carbocycles.